The topological polar surface area (TPSA) is 72.2 Å². The number of nitrogens with one attached hydrogen (secondary N) is 1. The zero-order valence-electron chi connectivity index (χ0n) is 16.8. The maximum absolute atomic E-state index is 12.1. The molecule has 4 nitrogen and oxygen atoms in total. The number of hydrogen-bond acceptors (Lipinski definition) is 3. The van der Waals surface area contributed by atoms with E-state index in [0.29, 0.717) is 17.0 Å². The molecule has 0 saturated carbocycles. The van der Waals surface area contributed by atoms with Crippen LogP contribution in [0.25, 0.3) is 0 Å². The Morgan fingerprint density at radius 3 is 1.88 bits per heavy atom. The summed E-state index contributed by atoms with van der Waals surface area (Å²) in [5, 5.41) is 3.47. The average Bonchev–Trinajstić information content (AvgIpc) is 2.86. The van der Waals surface area contributed by atoms with Crippen molar-refractivity contribution in [3.05, 3.63) is 16.0 Å². The molecule has 1 aromatic heterocycles. The van der Waals surface area contributed by atoms with E-state index in [9.17, 15) is 9.59 Å². The summed E-state index contributed by atoms with van der Waals surface area (Å²) in [6.07, 6.45) is 14.4. The molecule has 1 aromatic rings. The van der Waals surface area contributed by atoms with Crippen LogP contribution in [-0.2, 0) is 4.79 Å². The monoisotopic (exact) mass is 380 g/mol. The van der Waals surface area contributed by atoms with Crippen LogP contribution in [0, 0.1) is 13.8 Å². The van der Waals surface area contributed by atoms with Crippen molar-refractivity contribution < 1.29 is 9.59 Å². The van der Waals surface area contributed by atoms with Gasteiger partial charge in [0.2, 0.25) is 5.91 Å². The molecule has 0 aliphatic carbocycles. The first-order valence-electron chi connectivity index (χ1n) is 10.2. The minimum Gasteiger partial charge on any atom is -0.365 e. The number of aryl methyl sites for hydroxylation is 1. The Labute approximate surface area is 162 Å². The molecule has 0 spiro atoms. The van der Waals surface area contributed by atoms with Crippen molar-refractivity contribution in [2.75, 3.05) is 5.32 Å². The van der Waals surface area contributed by atoms with Crippen LogP contribution in [0.2, 0.25) is 0 Å². The number of unbranched alkanes of at least 4 members (excludes halogenated alkanes) is 10. The molecule has 2 amide bonds. The van der Waals surface area contributed by atoms with E-state index in [1.165, 1.54) is 69.1 Å². The van der Waals surface area contributed by atoms with Gasteiger partial charge in [0.1, 0.15) is 5.00 Å². The average molecular weight is 381 g/mol. The Morgan fingerprint density at radius 2 is 1.38 bits per heavy atom. The minimum absolute atomic E-state index is 0.0234. The van der Waals surface area contributed by atoms with Gasteiger partial charge < -0.3 is 11.1 Å². The van der Waals surface area contributed by atoms with E-state index in [0.717, 1.165) is 23.3 Å². The van der Waals surface area contributed by atoms with Gasteiger partial charge in [-0.1, -0.05) is 71.1 Å². The number of nitrogens with two attached hydrogens (primary N) is 1. The van der Waals surface area contributed by atoms with E-state index < -0.39 is 5.91 Å². The lowest BCUT2D eigenvalue weighted by Gasteiger charge is -2.05. The van der Waals surface area contributed by atoms with Crippen molar-refractivity contribution in [2.24, 2.45) is 5.73 Å². The lowest BCUT2D eigenvalue weighted by atomic mass is 10.1. The van der Waals surface area contributed by atoms with Gasteiger partial charge >= 0.3 is 0 Å². The number of carbonyl (C=O) groups excluding carboxylic acids is 2. The highest BCUT2D eigenvalue weighted by atomic mass is 32.1. The lowest BCUT2D eigenvalue weighted by Crippen LogP contribution is -2.17. The molecular weight excluding hydrogens is 344 g/mol. The van der Waals surface area contributed by atoms with E-state index >= 15 is 0 Å². The second-order valence-electron chi connectivity index (χ2n) is 7.19. The van der Waals surface area contributed by atoms with Gasteiger partial charge in [0, 0.05) is 11.3 Å². The third-order valence-electron chi connectivity index (χ3n) is 4.89. The van der Waals surface area contributed by atoms with Gasteiger partial charge in [-0.15, -0.1) is 11.3 Å². The summed E-state index contributed by atoms with van der Waals surface area (Å²) < 4.78 is 0. The SMILES string of the molecule is CCCCCCCCCCCCCC(=O)Nc1sc(C)c(C)c1C(N)=O. The third-order valence-corrected chi connectivity index (χ3v) is 6.01. The molecule has 0 unspecified atom stereocenters. The molecule has 26 heavy (non-hydrogen) atoms. The number of carbonyl (C=O) groups is 2. The van der Waals surface area contributed by atoms with Crippen molar-refractivity contribution in [1.82, 2.24) is 0 Å². The largest absolute Gasteiger partial charge is 0.365 e. The van der Waals surface area contributed by atoms with E-state index in [2.05, 4.69) is 12.2 Å². The van der Waals surface area contributed by atoms with Crippen molar-refractivity contribution in [3.63, 3.8) is 0 Å². The third kappa shape index (κ3) is 8.35. The molecule has 0 fully saturated rings. The van der Waals surface area contributed by atoms with Gasteiger partial charge in [-0.2, -0.15) is 0 Å². The molecular formula is C21H36N2O2S. The molecule has 148 valence electrons. The van der Waals surface area contributed by atoms with Crippen molar-refractivity contribution >= 4 is 28.2 Å². The summed E-state index contributed by atoms with van der Waals surface area (Å²) in [4.78, 5) is 24.7. The van der Waals surface area contributed by atoms with Gasteiger partial charge in [-0.05, 0) is 25.8 Å². The van der Waals surface area contributed by atoms with E-state index in [1.54, 1.807) is 0 Å². The zero-order valence-corrected chi connectivity index (χ0v) is 17.6. The molecule has 0 atom stereocenters. The van der Waals surface area contributed by atoms with E-state index in [1.807, 2.05) is 13.8 Å². The fourth-order valence-electron chi connectivity index (χ4n) is 3.15. The fourth-order valence-corrected chi connectivity index (χ4v) is 4.23. The molecule has 0 radical (unpaired) electrons. The van der Waals surface area contributed by atoms with Gasteiger partial charge in [0.25, 0.3) is 5.91 Å². The van der Waals surface area contributed by atoms with Gasteiger partial charge in [-0.25, -0.2) is 0 Å². The molecule has 5 heteroatoms. The summed E-state index contributed by atoms with van der Waals surface area (Å²) in [6.45, 7) is 6.05. The summed E-state index contributed by atoms with van der Waals surface area (Å²) in [5.41, 5.74) is 6.76. The molecule has 3 N–H and O–H groups in total. The van der Waals surface area contributed by atoms with Crippen molar-refractivity contribution in [2.45, 2.75) is 97.8 Å². The maximum Gasteiger partial charge on any atom is 0.251 e. The van der Waals surface area contributed by atoms with Crippen molar-refractivity contribution in [3.8, 4) is 0 Å². The predicted octanol–water partition coefficient (Wildman–Crippen LogP) is 6.10. The van der Waals surface area contributed by atoms with Crippen molar-refractivity contribution in [1.29, 1.82) is 0 Å². The van der Waals surface area contributed by atoms with Crippen LogP contribution in [0.4, 0.5) is 5.00 Å². The molecule has 0 bridgehead atoms. The Morgan fingerprint density at radius 1 is 0.885 bits per heavy atom. The number of anilines is 1. The molecule has 1 rings (SSSR count). The first-order chi connectivity index (χ1) is 12.5. The highest BCUT2D eigenvalue weighted by molar-refractivity contribution is 7.16. The van der Waals surface area contributed by atoms with Gasteiger partial charge in [-0.3, -0.25) is 9.59 Å². The minimum atomic E-state index is -0.475. The number of thiophene rings is 1. The maximum atomic E-state index is 12.1. The molecule has 0 aliphatic rings. The van der Waals surface area contributed by atoms with Crippen LogP contribution < -0.4 is 11.1 Å². The van der Waals surface area contributed by atoms with E-state index in [4.69, 9.17) is 5.73 Å². The van der Waals surface area contributed by atoms with Crippen LogP contribution in [0.1, 0.15) is 105 Å². The standard InChI is InChI=1S/C21H36N2O2S/c1-4-5-6-7-8-9-10-11-12-13-14-15-18(24)23-21-19(20(22)25)16(2)17(3)26-21/h4-15H2,1-3H3,(H2,22,25)(H,23,24). The number of primary amides is 1. The van der Waals surface area contributed by atoms with Gasteiger partial charge in [0.05, 0.1) is 5.56 Å². The summed E-state index contributed by atoms with van der Waals surface area (Å²) in [5.74, 6) is -0.499. The number of hydrogen-bond donors (Lipinski definition) is 2. The molecule has 0 aromatic carbocycles. The summed E-state index contributed by atoms with van der Waals surface area (Å²) >= 11 is 1.42. The van der Waals surface area contributed by atoms with Crippen LogP contribution in [-0.4, -0.2) is 11.8 Å². The highest BCUT2D eigenvalue weighted by Gasteiger charge is 2.18. The second-order valence-corrected chi connectivity index (χ2v) is 8.41. The summed E-state index contributed by atoms with van der Waals surface area (Å²) in [7, 11) is 0. The molecule has 0 aliphatic heterocycles. The lowest BCUT2D eigenvalue weighted by molar-refractivity contribution is -0.116. The molecule has 0 saturated heterocycles. The highest BCUT2D eigenvalue weighted by Crippen LogP contribution is 2.32. The summed E-state index contributed by atoms with van der Waals surface area (Å²) in [6, 6.07) is 0. The Kier molecular flexibility index (Phi) is 11.3. The number of amides is 2. The Bertz CT molecular complexity index is 567. The van der Waals surface area contributed by atoms with Crippen LogP contribution in [0.15, 0.2) is 0 Å². The zero-order chi connectivity index (χ0) is 19.4. The van der Waals surface area contributed by atoms with Crippen LogP contribution in [0.3, 0.4) is 0 Å². The van der Waals surface area contributed by atoms with E-state index in [-0.39, 0.29) is 5.91 Å². The first-order valence-corrected chi connectivity index (χ1v) is 11.0. The molecule has 1 heterocycles. The Balaban J connectivity index is 2.13. The van der Waals surface area contributed by atoms with Crippen LogP contribution in [0.5, 0.6) is 0 Å². The smallest absolute Gasteiger partial charge is 0.251 e. The second kappa shape index (κ2) is 12.9. The number of rotatable bonds is 14. The normalized spacial score (nSPS) is 10.9. The quantitative estimate of drug-likeness (QED) is 0.382. The fraction of sp³-hybridized carbons (Fsp3) is 0.714. The first kappa shape index (κ1) is 22.7. The Hall–Kier alpha value is -1.36. The van der Waals surface area contributed by atoms with Crippen LogP contribution >= 0.6 is 11.3 Å². The van der Waals surface area contributed by atoms with Gasteiger partial charge in [0.15, 0.2) is 0 Å². The predicted molar refractivity (Wildman–Crippen MR) is 112 cm³/mol.